The molecule has 1 saturated heterocycles. The van der Waals surface area contributed by atoms with Gasteiger partial charge in [0.05, 0.1) is 27.4 Å². The summed E-state index contributed by atoms with van der Waals surface area (Å²) >= 11 is 7.52. The van der Waals surface area contributed by atoms with Gasteiger partial charge in [-0.2, -0.15) is 4.31 Å². The van der Waals surface area contributed by atoms with Crippen molar-refractivity contribution in [3.8, 4) is 0 Å². The van der Waals surface area contributed by atoms with E-state index in [1.165, 1.54) is 23.5 Å². The zero-order valence-electron chi connectivity index (χ0n) is 19.7. The quantitative estimate of drug-likeness (QED) is 0.311. The van der Waals surface area contributed by atoms with Crippen LogP contribution in [0.4, 0.5) is 5.13 Å². The Morgan fingerprint density at radius 1 is 1.14 bits per heavy atom. The molecule has 0 saturated carbocycles. The van der Waals surface area contributed by atoms with Gasteiger partial charge in [0, 0.05) is 29.4 Å². The highest BCUT2D eigenvalue weighted by Crippen LogP contribution is 2.33. The van der Waals surface area contributed by atoms with Gasteiger partial charge >= 0.3 is 0 Å². The lowest BCUT2D eigenvalue weighted by Crippen LogP contribution is -2.41. The van der Waals surface area contributed by atoms with Crippen LogP contribution in [-0.4, -0.2) is 41.2 Å². The molecule has 1 aliphatic rings. The third kappa shape index (κ3) is 5.01. The number of hydrogen-bond acceptors (Lipinski definition) is 6. The minimum Gasteiger partial charge on any atom is -0.278 e. The largest absolute Gasteiger partial charge is 0.278 e. The van der Waals surface area contributed by atoms with Crippen molar-refractivity contribution in [3.63, 3.8) is 0 Å². The van der Waals surface area contributed by atoms with E-state index >= 15 is 0 Å². The highest BCUT2D eigenvalue weighted by Gasteiger charge is 2.31. The Hall–Kier alpha value is -2.85. The lowest BCUT2D eigenvalue weighted by atomic mass is 10.1. The van der Waals surface area contributed by atoms with Gasteiger partial charge in [0.25, 0.3) is 5.91 Å². The van der Waals surface area contributed by atoms with Crippen LogP contribution in [0.1, 0.15) is 42.2 Å². The summed E-state index contributed by atoms with van der Waals surface area (Å²) in [5.41, 5.74) is 1.82. The SMILES string of the molecule is CC1CCCCN1S(=O)(=O)c1ccc(C(=O)N(Cc2ccccn2)c2nc3ccc(Cl)cc3s2)cc1. The van der Waals surface area contributed by atoms with Crippen molar-refractivity contribution in [2.45, 2.75) is 43.7 Å². The zero-order chi connectivity index (χ0) is 25.3. The van der Waals surface area contributed by atoms with Crippen molar-refractivity contribution in [3.05, 3.63) is 83.1 Å². The highest BCUT2D eigenvalue weighted by molar-refractivity contribution is 7.89. The summed E-state index contributed by atoms with van der Waals surface area (Å²) in [7, 11) is -3.62. The first kappa shape index (κ1) is 24.8. The Bertz CT molecular complexity index is 1490. The van der Waals surface area contributed by atoms with E-state index in [9.17, 15) is 13.2 Å². The van der Waals surface area contributed by atoms with E-state index in [4.69, 9.17) is 11.6 Å². The molecule has 7 nitrogen and oxygen atoms in total. The number of aromatic nitrogens is 2. The molecule has 1 fully saturated rings. The van der Waals surface area contributed by atoms with Gasteiger partial charge in [-0.1, -0.05) is 35.4 Å². The van der Waals surface area contributed by atoms with Crippen LogP contribution in [0.15, 0.2) is 71.8 Å². The van der Waals surface area contributed by atoms with Crippen LogP contribution in [0.5, 0.6) is 0 Å². The van der Waals surface area contributed by atoms with Gasteiger partial charge in [-0.05, 0) is 74.4 Å². The molecule has 1 amide bonds. The first-order chi connectivity index (χ1) is 17.3. The van der Waals surface area contributed by atoms with Crippen LogP contribution in [0.3, 0.4) is 0 Å². The smallest absolute Gasteiger partial charge is 0.260 e. The molecule has 0 spiro atoms. The number of piperidine rings is 1. The Balaban J connectivity index is 1.47. The molecule has 1 atom stereocenters. The number of thiazole rings is 1. The summed E-state index contributed by atoms with van der Waals surface area (Å²) in [4.78, 5) is 24.5. The molecular formula is C26H25ClN4O3S2. The summed E-state index contributed by atoms with van der Waals surface area (Å²) in [5, 5.41) is 1.11. The fourth-order valence-corrected chi connectivity index (χ4v) is 7.31. The summed E-state index contributed by atoms with van der Waals surface area (Å²) in [6.45, 7) is 2.68. The molecule has 5 rings (SSSR count). The van der Waals surface area contributed by atoms with E-state index in [1.807, 2.05) is 37.3 Å². The molecule has 4 aromatic rings. The number of halogens is 1. The lowest BCUT2D eigenvalue weighted by molar-refractivity contribution is 0.0984. The Morgan fingerprint density at radius 2 is 1.94 bits per heavy atom. The number of hydrogen-bond donors (Lipinski definition) is 0. The van der Waals surface area contributed by atoms with Crippen molar-refractivity contribution >= 4 is 54.2 Å². The highest BCUT2D eigenvalue weighted by atomic mass is 35.5. The standard InChI is InChI=1S/C26H25ClN4O3S2/c1-18-6-3-5-15-31(18)36(33,34)22-11-8-19(9-12-22)25(32)30(17-21-7-2-4-14-28-21)26-29-23-13-10-20(27)16-24(23)35-26/h2,4,7-14,16,18H,3,5-6,15,17H2,1H3. The van der Waals surface area contributed by atoms with Gasteiger partial charge in [-0.15, -0.1) is 0 Å². The van der Waals surface area contributed by atoms with Crippen LogP contribution in [0.25, 0.3) is 10.2 Å². The fraction of sp³-hybridized carbons (Fsp3) is 0.269. The summed E-state index contributed by atoms with van der Waals surface area (Å²) in [6.07, 6.45) is 4.42. The van der Waals surface area contributed by atoms with E-state index in [1.54, 1.807) is 33.6 Å². The van der Waals surface area contributed by atoms with E-state index in [0.717, 1.165) is 29.5 Å². The van der Waals surface area contributed by atoms with Crippen LogP contribution in [-0.2, 0) is 16.6 Å². The normalized spacial score (nSPS) is 16.8. The maximum atomic E-state index is 13.7. The van der Waals surface area contributed by atoms with E-state index in [0.29, 0.717) is 28.0 Å². The predicted molar refractivity (Wildman–Crippen MR) is 143 cm³/mol. The summed E-state index contributed by atoms with van der Waals surface area (Å²) in [5.74, 6) is -0.291. The van der Waals surface area contributed by atoms with E-state index in [-0.39, 0.29) is 23.4 Å². The van der Waals surface area contributed by atoms with Crippen LogP contribution in [0.2, 0.25) is 5.02 Å². The monoisotopic (exact) mass is 540 g/mol. The molecule has 186 valence electrons. The maximum Gasteiger partial charge on any atom is 0.260 e. The first-order valence-corrected chi connectivity index (χ1v) is 14.4. The van der Waals surface area contributed by atoms with Crippen LogP contribution in [0, 0.1) is 0 Å². The van der Waals surface area contributed by atoms with Crippen LogP contribution < -0.4 is 4.90 Å². The van der Waals surface area contributed by atoms with Crippen LogP contribution >= 0.6 is 22.9 Å². The number of carbonyl (C=O) groups is 1. The average Bonchev–Trinajstić information content (AvgIpc) is 3.30. The molecule has 10 heteroatoms. The van der Waals surface area contributed by atoms with Crippen molar-refractivity contribution < 1.29 is 13.2 Å². The van der Waals surface area contributed by atoms with Gasteiger partial charge < -0.3 is 0 Å². The number of anilines is 1. The minimum absolute atomic E-state index is 0.0357. The number of benzene rings is 2. The third-order valence-corrected chi connectivity index (χ3v) is 9.62. The number of fused-ring (bicyclic) bond motifs is 1. The molecular weight excluding hydrogens is 516 g/mol. The Morgan fingerprint density at radius 3 is 2.67 bits per heavy atom. The molecule has 2 aromatic carbocycles. The molecule has 1 aliphatic heterocycles. The number of nitrogens with zero attached hydrogens (tertiary/aromatic N) is 4. The fourth-order valence-electron chi connectivity index (χ4n) is 4.37. The van der Waals surface area contributed by atoms with Crippen molar-refractivity contribution in [2.75, 3.05) is 11.4 Å². The molecule has 3 heterocycles. The second-order valence-corrected chi connectivity index (χ2v) is 12.1. The predicted octanol–water partition coefficient (Wildman–Crippen LogP) is 5.75. The van der Waals surface area contributed by atoms with Gasteiger partial charge in [0.1, 0.15) is 0 Å². The molecule has 0 bridgehead atoms. The molecule has 2 aromatic heterocycles. The second-order valence-electron chi connectivity index (χ2n) is 8.81. The Labute approximate surface area is 219 Å². The molecule has 36 heavy (non-hydrogen) atoms. The topological polar surface area (TPSA) is 83.5 Å². The zero-order valence-corrected chi connectivity index (χ0v) is 22.1. The number of carbonyl (C=O) groups excluding carboxylic acids is 1. The Kier molecular flexibility index (Phi) is 7.07. The number of rotatable bonds is 6. The number of pyridine rings is 1. The first-order valence-electron chi connectivity index (χ1n) is 11.7. The lowest BCUT2D eigenvalue weighted by Gasteiger charge is -2.32. The van der Waals surface area contributed by atoms with Gasteiger partial charge in [0.15, 0.2) is 5.13 Å². The van der Waals surface area contributed by atoms with E-state index < -0.39 is 10.0 Å². The van der Waals surface area contributed by atoms with Crippen molar-refractivity contribution in [2.24, 2.45) is 0 Å². The third-order valence-electron chi connectivity index (χ3n) is 6.31. The molecule has 0 radical (unpaired) electrons. The summed E-state index contributed by atoms with van der Waals surface area (Å²) < 4.78 is 28.8. The molecule has 1 unspecified atom stereocenters. The van der Waals surface area contributed by atoms with Crippen molar-refractivity contribution in [1.82, 2.24) is 14.3 Å². The van der Waals surface area contributed by atoms with E-state index in [2.05, 4.69) is 9.97 Å². The number of amides is 1. The van der Waals surface area contributed by atoms with Gasteiger partial charge in [-0.25, -0.2) is 13.4 Å². The molecule has 0 N–H and O–H groups in total. The van der Waals surface area contributed by atoms with Gasteiger partial charge in [0.2, 0.25) is 10.0 Å². The minimum atomic E-state index is -3.62. The average molecular weight is 541 g/mol. The molecule has 0 aliphatic carbocycles. The summed E-state index contributed by atoms with van der Waals surface area (Å²) in [6, 6.07) is 17.1. The van der Waals surface area contributed by atoms with Gasteiger partial charge in [-0.3, -0.25) is 14.7 Å². The maximum absolute atomic E-state index is 13.7. The number of sulfonamides is 1. The van der Waals surface area contributed by atoms with Crippen molar-refractivity contribution in [1.29, 1.82) is 0 Å². The second kappa shape index (κ2) is 10.3.